The van der Waals surface area contributed by atoms with E-state index in [9.17, 15) is 9.59 Å². The van der Waals surface area contributed by atoms with E-state index in [0.717, 1.165) is 49.9 Å². The molecule has 2 amide bonds. The van der Waals surface area contributed by atoms with Gasteiger partial charge in [0.05, 0.1) is 13.2 Å². The number of nitrogens with zero attached hydrogens (tertiary/aromatic N) is 1. The smallest absolute Gasteiger partial charge is 0.276 e. The van der Waals surface area contributed by atoms with Gasteiger partial charge in [0.2, 0.25) is 0 Å². The van der Waals surface area contributed by atoms with Crippen LogP contribution in [-0.4, -0.2) is 55.2 Å². The minimum Gasteiger partial charge on any atom is -0.483 e. The molecule has 7 heteroatoms. The van der Waals surface area contributed by atoms with Crippen molar-refractivity contribution in [2.45, 2.75) is 31.2 Å². The van der Waals surface area contributed by atoms with E-state index < -0.39 is 11.4 Å². The van der Waals surface area contributed by atoms with Gasteiger partial charge in [-0.2, -0.15) is 0 Å². The monoisotopic (exact) mass is 423 g/mol. The predicted molar refractivity (Wildman–Crippen MR) is 117 cm³/mol. The molecule has 1 heterocycles. The van der Waals surface area contributed by atoms with E-state index in [0.29, 0.717) is 19.0 Å². The maximum absolute atomic E-state index is 13.0. The molecule has 2 aliphatic rings. The van der Waals surface area contributed by atoms with Crippen molar-refractivity contribution < 1.29 is 19.1 Å². The minimum atomic E-state index is -0.558. The molecule has 2 N–H and O–H groups in total. The van der Waals surface area contributed by atoms with E-state index in [1.54, 1.807) is 0 Å². The van der Waals surface area contributed by atoms with Crippen LogP contribution in [0.3, 0.4) is 0 Å². The molecular weight excluding hydrogens is 394 g/mol. The van der Waals surface area contributed by atoms with Crippen LogP contribution in [0, 0.1) is 0 Å². The Kier molecular flexibility index (Phi) is 6.84. The Morgan fingerprint density at radius 1 is 0.935 bits per heavy atom. The van der Waals surface area contributed by atoms with Crippen molar-refractivity contribution in [2.24, 2.45) is 0 Å². The third-order valence-electron chi connectivity index (χ3n) is 6.12. The van der Waals surface area contributed by atoms with Gasteiger partial charge >= 0.3 is 0 Å². The lowest BCUT2D eigenvalue weighted by Gasteiger charge is -2.41. The summed E-state index contributed by atoms with van der Waals surface area (Å²) in [5.41, 5.74) is 6.55. The molecule has 4 rings (SSSR count). The topological polar surface area (TPSA) is 79.9 Å². The van der Waals surface area contributed by atoms with E-state index >= 15 is 0 Å². The molecule has 2 fully saturated rings. The lowest BCUT2D eigenvalue weighted by Crippen LogP contribution is -2.62. The van der Waals surface area contributed by atoms with Crippen LogP contribution < -0.4 is 15.6 Å². The number of nitrogens with one attached hydrogen (secondary N) is 2. The molecule has 0 spiro atoms. The van der Waals surface area contributed by atoms with Crippen molar-refractivity contribution in [3.05, 3.63) is 54.6 Å². The zero-order chi connectivity index (χ0) is 21.5. The Bertz CT molecular complexity index is 891. The molecule has 164 valence electrons. The SMILES string of the molecule is O=C(COc1ccccc1-c1ccccc1)NNC(=O)C1(N2CCOCC2)CCCC1. The Balaban J connectivity index is 1.33. The summed E-state index contributed by atoms with van der Waals surface area (Å²) >= 11 is 0. The molecule has 0 bridgehead atoms. The zero-order valence-electron chi connectivity index (χ0n) is 17.6. The van der Waals surface area contributed by atoms with Gasteiger partial charge in [0.1, 0.15) is 11.3 Å². The van der Waals surface area contributed by atoms with Crippen molar-refractivity contribution in [2.75, 3.05) is 32.9 Å². The standard InChI is InChI=1S/C24H29N3O4/c28-22(18-31-21-11-5-4-10-20(21)19-8-2-1-3-9-19)25-26-23(29)24(12-6-7-13-24)27-14-16-30-17-15-27/h1-5,8-11H,6-7,12-18H2,(H,25,28)(H,26,29). The molecule has 2 aromatic carbocycles. The summed E-state index contributed by atoms with van der Waals surface area (Å²) in [6, 6.07) is 17.5. The minimum absolute atomic E-state index is 0.148. The van der Waals surface area contributed by atoms with Gasteiger partial charge in [0.25, 0.3) is 11.8 Å². The van der Waals surface area contributed by atoms with Gasteiger partial charge in [-0.05, 0) is 24.5 Å². The number of amides is 2. The van der Waals surface area contributed by atoms with Crippen molar-refractivity contribution in [3.63, 3.8) is 0 Å². The van der Waals surface area contributed by atoms with Crippen LogP contribution in [0.25, 0.3) is 11.1 Å². The van der Waals surface area contributed by atoms with Crippen LogP contribution >= 0.6 is 0 Å². The van der Waals surface area contributed by atoms with Crippen molar-refractivity contribution in [1.29, 1.82) is 0 Å². The highest BCUT2D eigenvalue weighted by atomic mass is 16.5. The summed E-state index contributed by atoms with van der Waals surface area (Å²) < 4.78 is 11.2. The van der Waals surface area contributed by atoms with E-state index in [1.165, 1.54) is 0 Å². The van der Waals surface area contributed by atoms with Gasteiger partial charge in [-0.25, -0.2) is 0 Å². The van der Waals surface area contributed by atoms with Gasteiger partial charge in [-0.1, -0.05) is 61.4 Å². The summed E-state index contributed by atoms with van der Waals surface area (Å²) in [6.45, 7) is 2.56. The van der Waals surface area contributed by atoms with Crippen LogP contribution in [0.15, 0.2) is 54.6 Å². The number of morpholine rings is 1. The molecule has 2 aromatic rings. The van der Waals surface area contributed by atoms with Crippen molar-refractivity contribution in [3.8, 4) is 16.9 Å². The summed E-state index contributed by atoms with van der Waals surface area (Å²) in [4.78, 5) is 27.6. The Labute approximate surface area is 182 Å². The highest BCUT2D eigenvalue weighted by molar-refractivity contribution is 5.89. The summed E-state index contributed by atoms with van der Waals surface area (Å²) in [7, 11) is 0. The Morgan fingerprint density at radius 3 is 2.35 bits per heavy atom. The van der Waals surface area contributed by atoms with Gasteiger partial charge in [0.15, 0.2) is 6.61 Å². The number of carbonyl (C=O) groups excluding carboxylic acids is 2. The summed E-state index contributed by atoms with van der Waals surface area (Å²) in [5, 5.41) is 0. The third kappa shape index (κ3) is 4.89. The molecule has 0 atom stereocenters. The first-order valence-corrected chi connectivity index (χ1v) is 10.9. The average Bonchev–Trinajstić information content (AvgIpc) is 3.34. The van der Waals surface area contributed by atoms with Gasteiger partial charge in [0, 0.05) is 18.7 Å². The quantitative estimate of drug-likeness (QED) is 0.698. The van der Waals surface area contributed by atoms with Crippen LogP contribution in [-0.2, 0) is 14.3 Å². The van der Waals surface area contributed by atoms with Gasteiger partial charge < -0.3 is 9.47 Å². The molecule has 1 aliphatic heterocycles. The van der Waals surface area contributed by atoms with E-state index in [2.05, 4.69) is 15.8 Å². The van der Waals surface area contributed by atoms with E-state index in [-0.39, 0.29) is 12.5 Å². The maximum atomic E-state index is 13.0. The number of hydrogen-bond donors (Lipinski definition) is 2. The Hall–Kier alpha value is -2.90. The molecule has 7 nitrogen and oxygen atoms in total. The maximum Gasteiger partial charge on any atom is 0.276 e. The lowest BCUT2D eigenvalue weighted by molar-refractivity contribution is -0.140. The number of rotatable bonds is 6. The number of benzene rings is 2. The number of ether oxygens (including phenoxy) is 2. The van der Waals surface area contributed by atoms with Crippen molar-refractivity contribution >= 4 is 11.8 Å². The highest BCUT2D eigenvalue weighted by Gasteiger charge is 2.46. The van der Waals surface area contributed by atoms with E-state index in [4.69, 9.17) is 9.47 Å². The number of carbonyl (C=O) groups is 2. The fraction of sp³-hybridized carbons (Fsp3) is 0.417. The van der Waals surface area contributed by atoms with Gasteiger partial charge in [-0.15, -0.1) is 0 Å². The normalized spacial score (nSPS) is 18.3. The molecule has 31 heavy (non-hydrogen) atoms. The molecule has 1 saturated carbocycles. The molecule has 1 aliphatic carbocycles. The number of hydrazine groups is 1. The van der Waals surface area contributed by atoms with E-state index in [1.807, 2.05) is 54.6 Å². The first kappa shape index (κ1) is 21.3. The van der Waals surface area contributed by atoms with Crippen LogP contribution in [0.5, 0.6) is 5.75 Å². The van der Waals surface area contributed by atoms with Crippen LogP contribution in [0.4, 0.5) is 0 Å². The first-order valence-electron chi connectivity index (χ1n) is 10.9. The second-order valence-corrected chi connectivity index (χ2v) is 7.99. The number of hydrogen-bond acceptors (Lipinski definition) is 5. The molecule has 1 saturated heterocycles. The lowest BCUT2D eigenvalue weighted by atomic mass is 9.93. The fourth-order valence-electron chi connectivity index (χ4n) is 4.51. The van der Waals surface area contributed by atoms with Crippen molar-refractivity contribution in [1.82, 2.24) is 15.8 Å². The molecule has 0 aromatic heterocycles. The number of para-hydroxylation sites is 1. The Morgan fingerprint density at radius 2 is 1.61 bits per heavy atom. The molecule has 0 unspecified atom stereocenters. The largest absolute Gasteiger partial charge is 0.483 e. The zero-order valence-corrected chi connectivity index (χ0v) is 17.6. The highest BCUT2D eigenvalue weighted by Crippen LogP contribution is 2.36. The first-order chi connectivity index (χ1) is 15.2. The molecular formula is C24H29N3O4. The predicted octanol–water partition coefficient (Wildman–Crippen LogP) is 2.52. The average molecular weight is 424 g/mol. The van der Waals surface area contributed by atoms with Crippen LogP contribution in [0.2, 0.25) is 0 Å². The second kappa shape index (κ2) is 9.94. The summed E-state index contributed by atoms with van der Waals surface area (Å²) in [6.07, 6.45) is 3.63. The third-order valence-corrected chi connectivity index (χ3v) is 6.12. The van der Waals surface area contributed by atoms with Crippen LogP contribution in [0.1, 0.15) is 25.7 Å². The fourth-order valence-corrected chi connectivity index (χ4v) is 4.51. The second-order valence-electron chi connectivity index (χ2n) is 7.99. The van der Waals surface area contributed by atoms with Gasteiger partial charge in [-0.3, -0.25) is 25.3 Å². The summed E-state index contributed by atoms with van der Waals surface area (Å²) in [5.74, 6) is 0.0760. The molecule has 0 radical (unpaired) electrons.